The van der Waals surface area contributed by atoms with Crippen LogP contribution in [-0.2, 0) is 6.42 Å². The van der Waals surface area contributed by atoms with Crippen LogP contribution in [0.3, 0.4) is 0 Å². The van der Waals surface area contributed by atoms with Gasteiger partial charge in [0.2, 0.25) is 0 Å². The van der Waals surface area contributed by atoms with Gasteiger partial charge in [-0.2, -0.15) is 0 Å². The summed E-state index contributed by atoms with van der Waals surface area (Å²) in [4.78, 5) is 2.42. The predicted octanol–water partition coefficient (Wildman–Crippen LogP) is 6.15. The lowest BCUT2D eigenvalue weighted by atomic mass is 10.00. The first kappa shape index (κ1) is 16.0. The standard InChI is InChI=1S/C24H25N/c1-4-22-20(15-19-11-10-17(3)14-23(19)22)16-21-13-12-18-8-6-7-9-24(18)25(21)5-2/h6-14,16H,4-5,15H2,1-3H3. The van der Waals surface area contributed by atoms with Crippen molar-refractivity contribution >= 4 is 17.3 Å². The van der Waals surface area contributed by atoms with Crippen molar-refractivity contribution in [1.29, 1.82) is 0 Å². The summed E-state index contributed by atoms with van der Waals surface area (Å²) in [5.74, 6) is 0. The highest BCUT2D eigenvalue weighted by molar-refractivity contribution is 5.81. The first-order valence-corrected chi connectivity index (χ1v) is 9.29. The number of aryl methyl sites for hydroxylation is 1. The second kappa shape index (κ2) is 6.40. The molecule has 0 spiro atoms. The molecule has 126 valence electrons. The van der Waals surface area contributed by atoms with E-state index >= 15 is 0 Å². The van der Waals surface area contributed by atoms with E-state index in [2.05, 4.69) is 86.4 Å². The first-order valence-electron chi connectivity index (χ1n) is 9.29. The third-order valence-corrected chi connectivity index (χ3v) is 5.32. The summed E-state index contributed by atoms with van der Waals surface area (Å²) in [7, 11) is 0. The van der Waals surface area contributed by atoms with E-state index in [1.54, 1.807) is 0 Å². The molecule has 1 nitrogen and oxygen atoms in total. The van der Waals surface area contributed by atoms with Crippen LogP contribution in [0.2, 0.25) is 0 Å². The zero-order valence-corrected chi connectivity index (χ0v) is 15.3. The van der Waals surface area contributed by atoms with Crippen LogP contribution in [0.4, 0.5) is 5.69 Å². The zero-order chi connectivity index (χ0) is 17.4. The third-order valence-electron chi connectivity index (χ3n) is 5.32. The molecule has 4 rings (SSSR count). The van der Waals surface area contributed by atoms with Gasteiger partial charge in [0, 0.05) is 17.9 Å². The molecule has 0 N–H and O–H groups in total. The minimum atomic E-state index is 0.980. The lowest BCUT2D eigenvalue weighted by Crippen LogP contribution is -2.23. The maximum atomic E-state index is 2.42. The van der Waals surface area contributed by atoms with E-state index in [9.17, 15) is 0 Å². The molecule has 1 heterocycles. The number of hydrogen-bond donors (Lipinski definition) is 0. The van der Waals surface area contributed by atoms with Gasteiger partial charge >= 0.3 is 0 Å². The lowest BCUT2D eigenvalue weighted by molar-refractivity contribution is 0.967. The highest BCUT2D eigenvalue weighted by atomic mass is 15.1. The number of hydrogen-bond acceptors (Lipinski definition) is 1. The predicted molar refractivity (Wildman–Crippen MR) is 109 cm³/mol. The van der Waals surface area contributed by atoms with Crippen molar-refractivity contribution in [1.82, 2.24) is 0 Å². The molecule has 0 unspecified atom stereocenters. The first-order chi connectivity index (χ1) is 12.2. The second-order valence-corrected chi connectivity index (χ2v) is 6.90. The number of benzene rings is 2. The molecule has 0 saturated carbocycles. The molecule has 25 heavy (non-hydrogen) atoms. The van der Waals surface area contributed by atoms with Gasteiger partial charge in [-0.25, -0.2) is 0 Å². The fourth-order valence-electron chi connectivity index (χ4n) is 4.10. The van der Waals surface area contributed by atoms with Crippen LogP contribution in [-0.4, -0.2) is 6.54 Å². The van der Waals surface area contributed by atoms with Crippen molar-refractivity contribution in [3.8, 4) is 0 Å². The quantitative estimate of drug-likeness (QED) is 0.653. The largest absolute Gasteiger partial charge is 0.341 e. The molecule has 0 amide bonds. The van der Waals surface area contributed by atoms with Crippen LogP contribution in [0.25, 0.3) is 11.6 Å². The SMILES string of the molecule is CCC1=C(C=C2C=Cc3ccccc3N2CC)Cc2ccc(C)cc21. The summed E-state index contributed by atoms with van der Waals surface area (Å²) in [5, 5.41) is 0. The summed E-state index contributed by atoms with van der Waals surface area (Å²) >= 11 is 0. The van der Waals surface area contributed by atoms with E-state index in [1.807, 2.05) is 0 Å². The molecule has 2 aromatic carbocycles. The van der Waals surface area contributed by atoms with Crippen LogP contribution < -0.4 is 4.90 Å². The minimum absolute atomic E-state index is 0.980. The Bertz CT molecular complexity index is 911. The number of para-hydroxylation sites is 1. The number of fused-ring (bicyclic) bond motifs is 2. The summed E-state index contributed by atoms with van der Waals surface area (Å²) in [5.41, 5.74) is 11.2. The van der Waals surface area contributed by atoms with E-state index in [-0.39, 0.29) is 0 Å². The average Bonchev–Trinajstić information content (AvgIpc) is 2.97. The number of rotatable bonds is 3. The van der Waals surface area contributed by atoms with E-state index < -0.39 is 0 Å². The number of likely N-dealkylation sites (N-methyl/N-ethyl adjacent to an activating group) is 1. The zero-order valence-electron chi connectivity index (χ0n) is 15.3. The van der Waals surface area contributed by atoms with Gasteiger partial charge in [0.25, 0.3) is 0 Å². The summed E-state index contributed by atoms with van der Waals surface area (Å²) in [6.45, 7) is 7.66. The Morgan fingerprint density at radius 2 is 1.88 bits per heavy atom. The molecule has 0 fully saturated rings. The van der Waals surface area contributed by atoms with Crippen LogP contribution in [0.1, 0.15) is 42.5 Å². The fraction of sp³-hybridized carbons (Fsp3) is 0.250. The summed E-state index contributed by atoms with van der Waals surface area (Å²) in [6, 6.07) is 15.5. The van der Waals surface area contributed by atoms with Gasteiger partial charge in [0.15, 0.2) is 0 Å². The Morgan fingerprint density at radius 3 is 2.68 bits per heavy atom. The van der Waals surface area contributed by atoms with Crippen LogP contribution in [0.5, 0.6) is 0 Å². The van der Waals surface area contributed by atoms with Crippen molar-refractivity contribution in [2.75, 3.05) is 11.4 Å². The Labute approximate surface area is 151 Å². The molecule has 0 bridgehead atoms. The molecule has 0 saturated heterocycles. The summed E-state index contributed by atoms with van der Waals surface area (Å²) < 4.78 is 0. The highest BCUT2D eigenvalue weighted by Crippen LogP contribution is 2.38. The molecular weight excluding hydrogens is 302 g/mol. The molecule has 0 radical (unpaired) electrons. The third kappa shape index (κ3) is 2.74. The van der Waals surface area contributed by atoms with Crippen LogP contribution in [0, 0.1) is 6.92 Å². The molecule has 2 aliphatic rings. The minimum Gasteiger partial charge on any atom is -0.341 e. The van der Waals surface area contributed by atoms with Gasteiger partial charge < -0.3 is 4.90 Å². The number of anilines is 1. The number of nitrogens with zero attached hydrogens (tertiary/aromatic N) is 1. The van der Waals surface area contributed by atoms with Crippen molar-refractivity contribution in [3.63, 3.8) is 0 Å². The molecule has 0 atom stereocenters. The van der Waals surface area contributed by atoms with Crippen molar-refractivity contribution in [3.05, 3.63) is 88.1 Å². The maximum Gasteiger partial charge on any atom is 0.0484 e. The van der Waals surface area contributed by atoms with Crippen molar-refractivity contribution < 1.29 is 0 Å². The normalized spacial score (nSPS) is 17.2. The summed E-state index contributed by atoms with van der Waals surface area (Å²) in [6.07, 6.45) is 9.05. The lowest BCUT2D eigenvalue weighted by Gasteiger charge is -2.29. The fourth-order valence-corrected chi connectivity index (χ4v) is 4.10. The topological polar surface area (TPSA) is 3.24 Å². The Kier molecular flexibility index (Phi) is 4.09. The van der Waals surface area contributed by atoms with Gasteiger partial charge in [-0.05, 0) is 72.7 Å². The molecular formula is C24H25N. The monoisotopic (exact) mass is 327 g/mol. The van der Waals surface area contributed by atoms with Gasteiger partial charge in [-0.3, -0.25) is 0 Å². The average molecular weight is 327 g/mol. The van der Waals surface area contributed by atoms with Gasteiger partial charge in [0.05, 0.1) is 0 Å². The van der Waals surface area contributed by atoms with Crippen molar-refractivity contribution in [2.45, 2.75) is 33.6 Å². The van der Waals surface area contributed by atoms with E-state index in [4.69, 9.17) is 0 Å². The van der Waals surface area contributed by atoms with Gasteiger partial charge in [-0.15, -0.1) is 0 Å². The van der Waals surface area contributed by atoms with E-state index in [0.717, 1.165) is 19.4 Å². The van der Waals surface area contributed by atoms with Crippen LogP contribution in [0.15, 0.2) is 65.9 Å². The molecule has 2 aromatic rings. The Morgan fingerprint density at radius 1 is 1.04 bits per heavy atom. The molecule has 1 aliphatic carbocycles. The molecule has 0 aromatic heterocycles. The van der Waals surface area contributed by atoms with Crippen molar-refractivity contribution in [2.24, 2.45) is 0 Å². The van der Waals surface area contributed by atoms with E-state index in [1.165, 1.54) is 44.8 Å². The Hall–Kier alpha value is -2.54. The second-order valence-electron chi connectivity index (χ2n) is 6.90. The maximum absolute atomic E-state index is 2.42. The van der Waals surface area contributed by atoms with Crippen LogP contribution >= 0.6 is 0 Å². The van der Waals surface area contributed by atoms with Gasteiger partial charge in [-0.1, -0.05) is 55.0 Å². The molecule has 1 heteroatoms. The molecule has 1 aliphatic heterocycles. The van der Waals surface area contributed by atoms with E-state index in [0.29, 0.717) is 0 Å². The Balaban J connectivity index is 1.77. The van der Waals surface area contributed by atoms with Gasteiger partial charge in [0.1, 0.15) is 0 Å². The number of allylic oxidation sites excluding steroid dienone is 4. The smallest absolute Gasteiger partial charge is 0.0484 e. The highest BCUT2D eigenvalue weighted by Gasteiger charge is 2.21.